The Balaban J connectivity index is 2.39. The van der Waals surface area contributed by atoms with Crippen molar-refractivity contribution in [1.29, 1.82) is 0 Å². The fraction of sp³-hybridized carbons (Fsp3) is 0.640. The molecule has 0 radical (unpaired) electrons. The van der Waals surface area contributed by atoms with Crippen LogP contribution in [0.1, 0.15) is 97.3 Å². The molecule has 1 amide bonds. The lowest BCUT2D eigenvalue weighted by molar-refractivity contribution is -0.133. The van der Waals surface area contributed by atoms with E-state index in [1.165, 1.54) is 12.8 Å². The minimum Gasteiger partial charge on any atom is -0.333 e. The van der Waals surface area contributed by atoms with Crippen molar-refractivity contribution in [2.75, 3.05) is 6.54 Å². The average Bonchev–Trinajstić information content (AvgIpc) is 2.75. The van der Waals surface area contributed by atoms with Crippen LogP contribution in [0.5, 0.6) is 0 Å². The van der Waals surface area contributed by atoms with Gasteiger partial charge in [-0.05, 0) is 38.3 Å². The number of benzene rings is 1. The summed E-state index contributed by atoms with van der Waals surface area (Å²) in [5, 5.41) is 0.644. The zero-order valence-electron chi connectivity index (χ0n) is 19.3. The van der Waals surface area contributed by atoms with Gasteiger partial charge in [0.15, 0.2) is 0 Å². The fourth-order valence-electron chi connectivity index (χ4n) is 4.00. The Morgan fingerprint density at radius 2 is 1.70 bits per heavy atom. The maximum Gasteiger partial charge on any atom is 0.261 e. The zero-order valence-corrected chi connectivity index (χ0v) is 19.3. The van der Waals surface area contributed by atoms with Crippen LogP contribution in [-0.4, -0.2) is 26.9 Å². The summed E-state index contributed by atoms with van der Waals surface area (Å²) in [4.78, 5) is 33.1. The van der Waals surface area contributed by atoms with Crippen LogP contribution in [0, 0.1) is 0 Å². The van der Waals surface area contributed by atoms with Crippen molar-refractivity contribution in [2.24, 2.45) is 0 Å². The van der Waals surface area contributed by atoms with E-state index in [9.17, 15) is 9.59 Å². The highest BCUT2D eigenvalue weighted by atomic mass is 16.2. The van der Waals surface area contributed by atoms with Gasteiger partial charge in [-0.25, -0.2) is 4.98 Å². The van der Waals surface area contributed by atoms with E-state index in [0.717, 1.165) is 45.1 Å². The van der Waals surface area contributed by atoms with Crippen LogP contribution in [-0.2, 0) is 11.3 Å². The Labute approximate surface area is 181 Å². The van der Waals surface area contributed by atoms with E-state index in [2.05, 4.69) is 20.8 Å². The molecular weight excluding hydrogens is 374 g/mol. The van der Waals surface area contributed by atoms with E-state index in [4.69, 9.17) is 4.98 Å². The Morgan fingerprint density at radius 1 is 1.00 bits per heavy atom. The smallest absolute Gasteiger partial charge is 0.261 e. The Kier molecular flexibility index (Phi) is 10.0. The molecule has 0 aliphatic carbocycles. The molecule has 1 atom stereocenters. The van der Waals surface area contributed by atoms with Crippen molar-refractivity contribution in [3.05, 3.63) is 40.4 Å². The first kappa shape index (κ1) is 24.1. The average molecular weight is 414 g/mol. The summed E-state index contributed by atoms with van der Waals surface area (Å²) in [5.41, 5.74) is 0.703. The van der Waals surface area contributed by atoms with Crippen molar-refractivity contribution in [3.63, 3.8) is 0 Å². The topological polar surface area (TPSA) is 55.2 Å². The summed E-state index contributed by atoms with van der Waals surface area (Å²) < 4.78 is 1.78. The number of carbonyl (C=O) groups is 1. The minimum absolute atomic E-state index is 0.00587. The number of nitrogens with zero attached hydrogens (tertiary/aromatic N) is 3. The van der Waals surface area contributed by atoms with E-state index < -0.39 is 0 Å². The molecule has 1 heterocycles. The standard InChI is InChI=1S/C25H39N3O2/c1-5-8-10-14-19-27(23(29)17-11-9-6-2)20(4)24-26-22-16-13-12-15-21(22)25(30)28(24)18-7-3/h12-13,15-16,20H,5-11,14,17-19H2,1-4H3. The van der Waals surface area contributed by atoms with E-state index in [0.29, 0.717) is 29.7 Å². The molecule has 0 spiro atoms. The second kappa shape index (κ2) is 12.5. The molecule has 30 heavy (non-hydrogen) atoms. The molecule has 1 aromatic heterocycles. The lowest BCUT2D eigenvalue weighted by Gasteiger charge is -2.31. The van der Waals surface area contributed by atoms with E-state index in [1.54, 1.807) is 4.57 Å². The molecular formula is C25H39N3O2. The molecule has 1 unspecified atom stereocenters. The van der Waals surface area contributed by atoms with Crippen LogP contribution in [0.3, 0.4) is 0 Å². The van der Waals surface area contributed by atoms with Gasteiger partial charge in [0.25, 0.3) is 5.56 Å². The van der Waals surface area contributed by atoms with Crippen LogP contribution in [0.15, 0.2) is 29.1 Å². The maximum atomic E-state index is 13.2. The van der Waals surface area contributed by atoms with Gasteiger partial charge in [0.2, 0.25) is 5.91 Å². The number of amides is 1. The number of rotatable bonds is 13. The SMILES string of the molecule is CCCCCCN(C(=O)CCCCC)C(C)c1nc2ccccc2c(=O)n1CCC. The number of unbranched alkanes of at least 4 members (excludes halogenated alkanes) is 5. The predicted molar refractivity (Wildman–Crippen MR) is 125 cm³/mol. The number of para-hydroxylation sites is 1. The highest BCUT2D eigenvalue weighted by Crippen LogP contribution is 2.23. The van der Waals surface area contributed by atoms with Gasteiger partial charge < -0.3 is 4.90 Å². The van der Waals surface area contributed by atoms with Crippen molar-refractivity contribution in [2.45, 2.75) is 98.1 Å². The number of fused-ring (bicyclic) bond motifs is 1. The predicted octanol–water partition coefficient (Wildman–Crippen LogP) is 5.86. The highest BCUT2D eigenvalue weighted by Gasteiger charge is 2.25. The third-order valence-electron chi connectivity index (χ3n) is 5.75. The molecule has 2 rings (SSSR count). The highest BCUT2D eigenvalue weighted by molar-refractivity contribution is 5.78. The van der Waals surface area contributed by atoms with Crippen molar-refractivity contribution in [3.8, 4) is 0 Å². The summed E-state index contributed by atoms with van der Waals surface area (Å²) in [6, 6.07) is 7.29. The lowest BCUT2D eigenvalue weighted by Crippen LogP contribution is -2.38. The first-order chi connectivity index (χ1) is 14.5. The summed E-state index contributed by atoms with van der Waals surface area (Å²) >= 11 is 0. The van der Waals surface area contributed by atoms with Gasteiger partial charge in [-0.3, -0.25) is 14.2 Å². The monoisotopic (exact) mass is 413 g/mol. The second-order valence-electron chi connectivity index (χ2n) is 8.22. The van der Waals surface area contributed by atoms with Crippen LogP contribution in [0.4, 0.5) is 0 Å². The first-order valence-corrected chi connectivity index (χ1v) is 11.8. The molecule has 0 bridgehead atoms. The van der Waals surface area contributed by atoms with Crippen LogP contribution < -0.4 is 5.56 Å². The Hall–Kier alpha value is -2.17. The van der Waals surface area contributed by atoms with Gasteiger partial charge in [-0.1, -0.05) is 65.0 Å². The van der Waals surface area contributed by atoms with Gasteiger partial charge in [0.05, 0.1) is 16.9 Å². The zero-order chi connectivity index (χ0) is 21.9. The summed E-state index contributed by atoms with van der Waals surface area (Å²) in [6.45, 7) is 9.77. The number of hydrogen-bond acceptors (Lipinski definition) is 3. The van der Waals surface area contributed by atoms with Gasteiger partial charge >= 0.3 is 0 Å². The molecule has 5 nitrogen and oxygen atoms in total. The fourth-order valence-corrected chi connectivity index (χ4v) is 4.00. The molecule has 0 aliphatic heterocycles. The summed E-state index contributed by atoms with van der Waals surface area (Å²) in [7, 11) is 0. The normalized spacial score (nSPS) is 12.3. The van der Waals surface area contributed by atoms with Gasteiger partial charge in [0.1, 0.15) is 5.82 Å². The third kappa shape index (κ3) is 6.16. The molecule has 1 aromatic carbocycles. The lowest BCUT2D eigenvalue weighted by atomic mass is 10.1. The minimum atomic E-state index is -0.218. The molecule has 5 heteroatoms. The first-order valence-electron chi connectivity index (χ1n) is 11.8. The van der Waals surface area contributed by atoms with Gasteiger partial charge in [-0.2, -0.15) is 0 Å². The summed E-state index contributed by atoms with van der Waals surface area (Å²) in [5.74, 6) is 0.887. The maximum absolute atomic E-state index is 13.2. The third-order valence-corrected chi connectivity index (χ3v) is 5.75. The molecule has 0 saturated carbocycles. The van der Waals surface area contributed by atoms with Crippen LogP contribution in [0.2, 0.25) is 0 Å². The van der Waals surface area contributed by atoms with Crippen molar-refractivity contribution in [1.82, 2.24) is 14.5 Å². The van der Waals surface area contributed by atoms with Crippen molar-refractivity contribution >= 4 is 16.8 Å². The van der Waals surface area contributed by atoms with Gasteiger partial charge in [0, 0.05) is 19.5 Å². The van der Waals surface area contributed by atoms with Crippen molar-refractivity contribution < 1.29 is 4.79 Å². The van der Waals surface area contributed by atoms with E-state index in [1.807, 2.05) is 36.1 Å². The van der Waals surface area contributed by atoms with E-state index in [-0.39, 0.29) is 17.5 Å². The molecule has 0 N–H and O–H groups in total. The molecule has 0 fully saturated rings. The second-order valence-corrected chi connectivity index (χ2v) is 8.22. The number of hydrogen-bond donors (Lipinski definition) is 0. The largest absolute Gasteiger partial charge is 0.333 e. The Morgan fingerprint density at radius 3 is 2.40 bits per heavy atom. The molecule has 0 saturated heterocycles. The summed E-state index contributed by atoms with van der Waals surface area (Å²) in [6.07, 6.45) is 8.96. The number of carbonyl (C=O) groups excluding carboxylic acids is 1. The molecule has 166 valence electrons. The van der Waals surface area contributed by atoms with Crippen LogP contribution >= 0.6 is 0 Å². The van der Waals surface area contributed by atoms with Gasteiger partial charge in [-0.15, -0.1) is 0 Å². The molecule has 2 aromatic rings. The number of aromatic nitrogens is 2. The van der Waals surface area contributed by atoms with E-state index >= 15 is 0 Å². The van der Waals surface area contributed by atoms with Crippen LogP contribution in [0.25, 0.3) is 10.9 Å². The Bertz CT molecular complexity index is 859. The quantitative estimate of drug-likeness (QED) is 0.387. The molecule has 0 aliphatic rings.